The molecule has 12 aromatic rings. The molecule has 2 nitrogen and oxygen atoms in total. The molecule has 74 heavy (non-hydrogen) atoms. The molecule has 358 valence electrons. The van der Waals surface area contributed by atoms with Crippen molar-refractivity contribution >= 4 is 66.4 Å². The lowest BCUT2D eigenvalue weighted by Crippen LogP contribution is -2.13. The molecule has 0 fully saturated rings. The van der Waals surface area contributed by atoms with Gasteiger partial charge in [-0.05, 0) is 192 Å². The lowest BCUT2D eigenvalue weighted by atomic mass is 9.91. The highest BCUT2D eigenvalue weighted by Gasteiger charge is 2.26. The Balaban J connectivity index is 1.11. The van der Waals surface area contributed by atoms with Crippen molar-refractivity contribution in [3.05, 3.63) is 263 Å². The summed E-state index contributed by atoms with van der Waals surface area (Å²) in [4.78, 5) is 4.18. The number of benzene rings is 12. The Labute approximate surface area is 432 Å². The Kier molecular flexibility index (Phi) is 11.6. The van der Waals surface area contributed by atoms with E-state index in [1.807, 2.05) is 38.1 Å². The monoisotopic (exact) mass is 960 g/mol. The first-order valence-corrected chi connectivity index (χ1v) is 25.3. The van der Waals surface area contributed by atoms with Crippen LogP contribution in [-0.2, 0) is 0 Å². The molecule has 0 aliphatic carbocycles. The second kappa shape index (κ2) is 18.6. The maximum atomic E-state index is 17.0. The van der Waals surface area contributed by atoms with Gasteiger partial charge in [-0.1, -0.05) is 168 Å². The van der Waals surface area contributed by atoms with Crippen molar-refractivity contribution in [3.63, 3.8) is 0 Å². The highest BCUT2D eigenvalue weighted by molar-refractivity contribution is 6.28. The summed E-state index contributed by atoms with van der Waals surface area (Å²) in [5.41, 5.74) is 19.0. The van der Waals surface area contributed by atoms with Crippen LogP contribution in [0.25, 0.3) is 76.8 Å². The molecule has 0 atom stereocenters. The molecule has 0 N–H and O–H groups in total. The van der Waals surface area contributed by atoms with Crippen molar-refractivity contribution < 1.29 is 8.78 Å². The zero-order valence-corrected chi connectivity index (χ0v) is 42.4. The fourth-order valence-electron chi connectivity index (χ4n) is 10.7. The predicted molar refractivity (Wildman–Crippen MR) is 310 cm³/mol. The maximum Gasteiger partial charge on any atom is 0.147 e. The van der Waals surface area contributed by atoms with Crippen molar-refractivity contribution in [2.24, 2.45) is 0 Å². The summed E-state index contributed by atoms with van der Waals surface area (Å²) in [5, 5.41) is 6.12. The van der Waals surface area contributed by atoms with Gasteiger partial charge in [0.05, 0.1) is 22.7 Å². The van der Waals surface area contributed by atoms with Gasteiger partial charge in [0.25, 0.3) is 0 Å². The molecule has 12 rings (SSSR count). The van der Waals surface area contributed by atoms with Crippen molar-refractivity contribution in [3.8, 4) is 44.5 Å². The van der Waals surface area contributed by atoms with E-state index in [2.05, 4.69) is 219 Å². The number of hydrogen-bond donors (Lipinski definition) is 0. The molecule has 0 aliphatic heterocycles. The van der Waals surface area contributed by atoms with Gasteiger partial charge in [0, 0.05) is 22.1 Å². The Morgan fingerprint density at radius 1 is 0.243 bits per heavy atom. The van der Waals surface area contributed by atoms with Gasteiger partial charge >= 0.3 is 0 Å². The van der Waals surface area contributed by atoms with Crippen molar-refractivity contribution in [1.82, 2.24) is 0 Å². The van der Waals surface area contributed by atoms with E-state index >= 15 is 8.78 Å². The Morgan fingerprint density at radius 2 is 0.514 bits per heavy atom. The minimum atomic E-state index is -0.316. The van der Waals surface area contributed by atoms with Crippen molar-refractivity contribution in [2.75, 3.05) is 9.80 Å². The van der Waals surface area contributed by atoms with E-state index in [0.717, 1.165) is 111 Å². The molecular weight excluding hydrogens is 907 g/mol. The van der Waals surface area contributed by atoms with Gasteiger partial charge in [-0.3, -0.25) is 0 Å². The quantitative estimate of drug-likeness (QED) is 0.126. The number of hydrogen-bond acceptors (Lipinski definition) is 2. The normalized spacial score (nSPS) is 11.5. The molecule has 0 radical (unpaired) electrons. The molecule has 0 aliphatic rings. The van der Waals surface area contributed by atoms with E-state index in [-0.39, 0.29) is 11.6 Å². The lowest BCUT2D eigenvalue weighted by Gasteiger charge is -2.30. The molecule has 0 amide bonds. The van der Waals surface area contributed by atoms with Gasteiger partial charge in [-0.15, -0.1) is 0 Å². The highest BCUT2D eigenvalue weighted by Crippen LogP contribution is 2.50. The first kappa shape index (κ1) is 46.2. The molecule has 0 unspecified atom stereocenters. The SMILES string of the molecule is Cc1ccc(-c2cc(-c3ccc(C)cc3)cc(N(c3ccc(C)cc3F)c3ccc4ccc5c(N(c6cc(-c7ccc(C)cc7)cc(-c7ccc(C)cc7)c6)c6ccc(C)cc6F)ccc6ccc3c4c65)c2)cc1. The van der Waals surface area contributed by atoms with E-state index in [9.17, 15) is 0 Å². The largest absolute Gasteiger partial charge is 0.307 e. The van der Waals surface area contributed by atoms with Crippen LogP contribution in [0.4, 0.5) is 42.9 Å². The predicted octanol–water partition coefficient (Wildman–Crippen LogP) is 20.3. The summed E-state index contributed by atoms with van der Waals surface area (Å²) >= 11 is 0. The fraction of sp³-hybridized carbons (Fsp3) is 0.0857. The summed E-state index contributed by atoms with van der Waals surface area (Å²) in [6, 6.07) is 75.8. The Hall–Kier alpha value is -8.86. The molecular formula is C70H54F2N2. The van der Waals surface area contributed by atoms with E-state index < -0.39 is 0 Å². The van der Waals surface area contributed by atoms with Gasteiger partial charge in [-0.25, -0.2) is 8.78 Å². The molecule has 0 saturated heterocycles. The summed E-state index contributed by atoms with van der Waals surface area (Å²) in [7, 11) is 0. The van der Waals surface area contributed by atoms with Crippen LogP contribution in [0.1, 0.15) is 33.4 Å². The van der Waals surface area contributed by atoms with Crippen LogP contribution in [0.15, 0.2) is 218 Å². The molecule has 0 bridgehead atoms. The molecule has 0 spiro atoms. The van der Waals surface area contributed by atoms with Gasteiger partial charge < -0.3 is 9.80 Å². The minimum absolute atomic E-state index is 0.316. The van der Waals surface area contributed by atoms with Crippen molar-refractivity contribution in [2.45, 2.75) is 41.5 Å². The average Bonchev–Trinajstić information content (AvgIpc) is 3.41. The van der Waals surface area contributed by atoms with Crippen molar-refractivity contribution in [1.29, 1.82) is 0 Å². The zero-order chi connectivity index (χ0) is 50.8. The van der Waals surface area contributed by atoms with E-state index in [1.54, 1.807) is 12.1 Å². The van der Waals surface area contributed by atoms with Crippen LogP contribution in [0.2, 0.25) is 0 Å². The highest BCUT2D eigenvalue weighted by atomic mass is 19.1. The lowest BCUT2D eigenvalue weighted by molar-refractivity contribution is 0.627. The van der Waals surface area contributed by atoms with Crippen LogP contribution < -0.4 is 9.80 Å². The van der Waals surface area contributed by atoms with Gasteiger partial charge in [0.1, 0.15) is 11.6 Å². The minimum Gasteiger partial charge on any atom is -0.307 e. The number of halogens is 2. The molecule has 12 aromatic carbocycles. The number of nitrogens with zero attached hydrogens (tertiary/aromatic N) is 2. The van der Waals surface area contributed by atoms with E-state index in [4.69, 9.17) is 0 Å². The Bertz CT molecular complexity index is 3680. The topological polar surface area (TPSA) is 6.48 Å². The molecule has 0 saturated carbocycles. The van der Waals surface area contributed by atoms with Gasteiger partial charge in [0.15, 0.2) is 0 Å². The summed E-state index contributed by atoms with van der Waals surface area (Å²) in [5.74, 6) is -0.631. The summed E-state index contributed by atoms with van der Waals surface area (Å²) in [6.07, 6.45) is 0. The zero-order valence-electron chi connectivity index (χ0n) is 42.4. The van der Waals surface area contributed by atoms with Crippen LogP contribution in [0.5, 0.6) is 0 Å². The third-order valence-corrected chi connectivity index (χ3v) is 14.7. The van der Waals surface area contributed by atoms with E-state index in [1.165, 1.54) is 22.3 Å². The second-order valence-corrected chi connectivity index (χ2v) is 20.2. The van der Waals surface area contributed by atoms with Crippen LogP contribution in [0.3, 0.4) is 0 Å². The van der Waals surface area contributed by atoms with Crippen LogP contribution in [-0.4, -0.2) is 0 Å². The Morgan fingerprint density at radius 3 is 0.811 bits per heavy atom. The molecule has 4 heteroatoms. The number of anilines is 6. The third kappa shape index (κ3) is 8.52. The standard InChI is InChI=1S/C70H54F2N2/c1-43-7-17-49(18-8-43)55-37-56(50-19-9-44(2)10-20-50)40-59(39-55)73(67-31-15-47(5)35-63(67)71)65-33-27-53-26-30-62-66(34-28-54-25-29-61(65)69(53)70(54)62)74(68-32-16-48(6)36-64(68)72)60-41-57(51-21-11-45(3)12-22-51)38-58(42-60)52-23-13-46(4)14-24-52/h7-42H,1-6H3. The summed E-state index contributed by atoms with van der Waals surface area (Å²) < 4.78 is 33.9. The first-order valence-electron chi connectivity index (χ1n) is 25.3. The van der Waals surface area contributed by atoms with Crippen LogP contribution in [0, 0.1) is 53.2 Å². The molecule has 0 aromatic heterocycles. The number of rotatable bonds is 10. The fourth-order valence-corrected chi connectivity index (χ4v) is 10.7. The summed E-state index contributed by atoms with van der Waals surface area (Å²) in [6.45, 7) is 12.2. The second-order valence-electron chi connectivity index (χ2n) is 20.2. The van der Waals surface area contributed by atoms with E-state index in [0.29, 0.717) is 11.4 Å². The number of aryl methyl sites for hydroxylation is 6. The smallest absolute Gasteiger partial charge is 0.147 e. The van der Waals surface area contributed by atoms with Gasteiger partial charge in [-0.2, -0.15) is 0 Å². The average molecular weight is 961 g/mol. The van der Waals surface area contributed by atoms with Crippen LogP contribution >= 0.6 is 0 Å². The maximum absolute atomic E-state index is 17.0. The third-order valence-electron chi connectivity index (χ3n) is 14.7. The first-order chi connectivity index (χ1) is 35.9. The van der Waals surface area contributed by atoms with Gasteiger partial charge in [0.2, 0.25) is 0 Å². The molecule has 0 heterocycles.